The number of carbonyl (C=O) groups is 1. The Bertz CT molecular complexity index is 672. The van der Waals surface area contributed by atoms with Gasteiger partial charge in [-0.25, -0.2) is 0 Å². The lowest BCUT2D eigenvalue weighted by atomic mass is 9.90. The number of hydrogen-bond donors (Lipinski definition) is 3. The number of benzene rings is 1. The Balaban J connectivity index is 0.00000243. The number of hydrogen-bond acceptors (Lipinski definition) is 2. The number of carbonyl (C=O) groups excluding carboxylic acids is 1. The summed E-state index contributed by atoms with van der Waals surface area (Å²) in [6, 6.07) is 8.03. The number of anilines is 1. The average molecular weight is 468 g/mol. The van der Waals surface area contributed by atoms with E-state index in [1.54, 1.807) is 12.6 Å². The maximum Gasteiger partial charge on any atom is 0.225 e. The molecule has 3 rings (SSSR count). The van der Waals surface area contributed by atoms with Crippen LogP contribution < -0.4 is 16.0 Å². The summed E-state index contributed by atoms with van der Waals surface area (Å²) in [4.78, 5) is 16.2. The summed E-state index contributed by atoms with van der Waals surface area (Å²) < 4.78 is 0. The third-order valence-electron chi connectivity index (χ3n) is 4.97. The van der Waals surface area contributed by atoms with Gasteiger partial charge in [0.05, 0.1) is 0 Å². The fraction of sp³-hybridized carbons (Fsp3) is 0.500. The van der Waals surface area contributed by atoms with Crippen molar-refractivity contribution in [1.82, 2.24) is 10.6 Å². The minimum Gasteiger partial charge on any atom is -0.356 e. The zero-order valence-electron chi connectivity index (χ0n) is 15.4. The van der Waals surface area contributed by atoms with E-state index in [9.17, 15) is 4.79 Å². The van der Waals surface area contributed by atoms with E-state index < -0.39 is 0 Å². The molecule has 1 unspecified atom stereocenters. The second-order valence-electron chi connectivity index (χ2n) is 6.77. The fourth-order valence-corrected chi connectivity index (χ4v) is 3.60. The maximum absolute atomic E-state index is 11.9. The predicted molar refractivity (Wildman–Crippen MR) is 118 cm³/mol. The third kappa shape index (κ3) is 5.72. The van der Waals surface area contributed by atoms with E-state index >= 15 is 0 Å². The van der Waals surface area contributed by atoms with Crippen molar-refractivity contribution in [1.29, 1.82) is 0 Å². The van der Waals surface area contributed by atoms with E-state index in [2.05, 4.69) is 33.1 Å². The van der Waals surface area contributed by atoms with Crippen LogP contribution in [0.4, 0.5) is 5.69 Å². The molecule has 0 radical (unpaired) electrons. The van der Waals surface area contributed by atoms with Gasteiger partial charge >= 0.3 is 0 Å². The van der Waals surface area contributed by atoms with Crippen LogP contribution in [0.15, 0.2) is 40.9 Å². The van der Waals surface area contributed by atoms with Crippen LogP contribution >= 0.6 is 24.0 Å². The summed E-state index contributed by atoms with van der Waals surface area (Å²) in [5.74, 6) is 1.06. The highest BCUT2D eigenvalue weighted by Gasteiger charge is 2.24. The molecule has 2 aliphatic rings. The zero-order chi connectivity index (χ0) is 17.5. The van der Waals surface area contributed by atoms with Crippen LogP contribution in [0.25, 0.3) is 0 Å². The number of halogens is 1. The van der Waals surface area contributed by atoms with Gasteiger partial charge in [0, 0.05) is 38.2 Å². The zero-order valence-corrected chi connectivity index (χ0v) is 17.7. The van der Waals surface area contributed by atoms with Crippen LogP contribution in [0.2, 0.25) is 0 Å². The molecule has 0 saturated heterocycles. The minimum atomic E-state index is 0. The molecule has 1 aromatic rings. The second kappa shape index (κ2) is 10.5. The molecule has 0 fully saturated rings. The Labute approximate surface area is 173 Å². The number of rotatable bonds is 5. The van der Waals surface area contributed by atoms with Gasteiger partial charge < -0.3 is 16.0 Å². The van der Waals surface area contributed by atoms with Gasteiger partial charge in [0.1, 0.15) is 0 Å². The van der Waals surface area contributed by atoms with E-state index in [1.165, 1.54) is 31.2 Å². The van der Waals surface area contributed by atoms with E-state index in [0.29, 0.717) is 13.0 Å². The molecule has 6 heteroatoms. The average Bonchev–Trinajstić information content (AvgIpc) is 2.65. The largest absolute Gasteiger partial charge is 0.356 e. The van der Waals surface area contributed by atoms with E-state index in [0.717, 1.165) is 24.6 Å². The highest BCUT2D eigenvalue weighted by molar-refractivity contribution is 14.0. The summed E-state index contributed by atoms with van der Waals surface area (Å²) in [7, 11) is 1.79. The van der Waals surface area contributed by atoms with Crippen molar-refractivity contribution in [3.63, 3.8) is 0 Å². The molecule has 1 aliphatic heterocycles. The number of para-hydroxylation sites is 1. The molecule has 0 spiro atoms. The molecule has 1 atom stereocenters. The van der Waals surface area contributed by atoms with Gasteiger partial charge in [-0.2, -0.15) is 0 Å². The first-order valence-corrected chi connectivity index (χ1v) is 9.27. The lowest BCUT2D eigenvalue weighted by Gasteiger charge is -2.26. The quantitative estimate of drug-likeness (QED) is 0.267. The molecule has 0 aromatic heterocycles. The van der Waals surface area contributed by atoms with Gasteiger partial charge in [-0.3, -0.25) is 9.79 Å². The summed E-state index contributed by atoms with van der Waals surface area (Å²) in [5, 5.41) is 9.71. The Kier molecular flexibility index (Phi) is 8.41. The van der Waals surface area contributed by atoms with Crippen molar-refractivity contribution in [2.45, 2.75) is 44.4 Å². The summed E-state index contributed by atoms with van der Waals surface area (Å²) in [6.07, 6.45) is 9.09. The monoisotopic (exact) mass is 468 g/mol. The fourth-order valence-electron chi connectivity index (χ4n) is 3.60. The van der Waals surface area contributed by atoms with Gasteiger partial charge in [-0.15, -0.1) is 24.0 Å². The SMILES string of the molecule is CN=C(NCCC1=CCCCC1)NCC1CC(=O)Nc2ccccc21.I. The number of nitrogens with zero attached hydrogens (tertiary/aromatic N) is 1. The third-order valence-corrected chi connectivity index (χ3v) is 4.97. The maximum atomic E-state index is 11.9. The molecule has 5 nitrogen and oxygen atoms in total. The van der Waals surface area contributed by atoms with Gasteiger partial charge in [0.2, 0.25) is 5.91 Å². The Morgan fingerprint density at radius 1 is 1.27 bits per heavy atom. The van der Waals surface area contributed by atoms with Crippen molar-refractivity contribution >= 4 is 41.5 Å². The molecule has 1 heterocycles. The van der Waals surface area contributed by atoms with E-state index in [1.807, 2.05) is 18.2 Å². The molecule has 3 N–H and O–H groups in total. The number of nitrogens with one attached hydrogen (secondary N) is 3. The van der Waals surface area contributed by atoms with Gasteiger partial charge in [-0.05, 0) is 43.7 Å². The Morgan fingerprint density at radius 3 is 2.88 bits per heavy atom. The van der Waals surface area contributed by atoms with Crippen LogP contribution in [0.1, 0.15) is 50.0 Å². The molecular weight excluding hydrogens is 439 g/mol. The minimum absolute atomic E-state index is 0. The van der Waals surface area contributed by atoms with Crippen LogP contribution in [-0.2, 0) is 4.79 Å². The summed E-state index contributed by atoms with van der Waals surface area (Å²) >= 11 is 0. The number of aliphatic imine (C=N–C) groups is 1. The van der Waals surface area contributed by atoms with Crippen LogP contribution in [0, 0.1) is 0 Å². The number of guanidine groups is 1. The molecule has 1 amide bonds. The molecule has 0 saturated carbocycles. The van der Waals surface area contributed by atoms with Crippen LogP contribution in [0.5, 0.6) is 0 Å². The predicted octanol–water partition coefficient (Wildman–Crippen LogP) is 3.79. The van der Waals surface area contributed by atoms with Crippen molar-refractivity contribution in [3.05, 3.63) is 41.5 Å². The van der Waals surface area contributed by atoms with Crippen molar-refractivity contribution in [2.75, 3.05) is 25.5 Å². The molecule has 1 aromatic carbocycles. The first kappa shape index (κ1) is 20.7. The Hall–Kier alpha value is -1.57. The smallest absolute Gasteiger partial charge is 0.225 e. The van der Waals surface area contributed by atoms with E-state index in [4.69, 9.17) is 0 Å². The van der Waals surface area contributed by atoms with Gasteiger partial charge in [0.15, 0.2) is 5.96 Å². The summed E-state index contributed by atoms with van der Waals surface area (Å²) in [5.41, 5.74) is 3.68. The highest BCUT2D eigenvalue weighted by Crippen LogP contribution is 2.31. The van der Waals surface area contributed by atoms with E-state index in [-0.39, 0.29) is 35.8 Å². The second-order valence-corrected chi connectivity index (χ2v) is 6.77. The van der Waals surface area contributed by atoms with Gasteiger partial charge in [-0.1, -0.05) is 29.8 Å². The molecular formula is C20H29IN4O. The number of amides is 1. The summed E-state index contributed by atoms with van der Waals surface area (Å²) in [6.45, 7) is 1.60. The van der Waals surface area contributed by atoms with Crippen molar-refractivity contribution in [2.24, 2.45) is 4.99 Å². The molecule has 0 bridgehead atoms. The first-order chi connectivity index (χ1) is 12.3. The number of allylic oxidation sites excluding steroid dienone is 1. The van der Waals surface area contributed by atoms with Crippen LogP contribution in [-0.4, -0.2) is 32.0 Å². The van der Waals surface area contributed by atoms with Crippen molar-refractivity contribution < 1.29 is 4.79 Å². The lowest BCUT2D eigenvalue weighted by Crippen LogP contribution is -2.41. The molecule has 1 aliphatic carbocycles. The van der Waals surface area contributed by atoms with Crippen LogP contribution in [0.3, 0.4) is 0 Å². The molecule has 26 heavy (non-hydrogen) atoms. The van der Waals surface area contributed by atoms with Gasteiger partial charge in [0.25, 0.3) is 0 Å². The number of fused-ring (bicyclic) bond motifs is 1. The highest BCUT2D eigenvalue weighted by atomic mass is 127. The molecule has 142 valence electrons. The van der Waals surface area contributed by atoms with Crippen molar-refractivity contribution in [3.8, 4) is 0 Å². The lowest BCUT2D eigenvalue weighted by molar-refractivity contribution is -0.116. The standard InChI is InChI=1S/C20H28N4O.HI/c1-21-20(22-12-11-15-7-3-2-4-8-15)23-14-16-13-19(25)24-18-10-6-5-9-17(16)18;/h5-7,9-10,16H,2-4,8,11-14H2,1H3,(H,24,25)(H2,21,22,23);1H. The normalized spacial score (nSPS) is 19.6. The topological polar surface area (TPSA) is 65.5 Å². The first-order valence-electron chi connectivity index (χ1n) is 9.27. The Morgan fingerprint density at radius 2 is 2.12 bits per heavy atom.